The lowest BCUT2D eigenvalue weighted by Gasteiger charge is -2.09. The SMILES string of the molecule is O=C1OCC(OCCNCc2ccccc2)=C1c1cccc([N+](=O)[O-])c1. The maximum absolute atomic E-state index is 12.0. The van der Waals surface area contributed by atoms with Gasteiger partial charge in [-0.3, -0.25) is 10.1 Å². The Bertz CT molecular complexity index is 833. The van der Waals surface area contributed by atoms with Crippen LogP contribution in [-0.2, 0) is 20.8 Å². The Labute approximate surface area is 150 Å². The van der Waals surface area contributed by atoms with Crippen LogP contribution in [0.2, 0.25) is 0 Å². The summed E-state index contributed by atoms with van der Waals surface area (Å²) in [5, 5.41) is 14.2. The van der Waals surface area contributed by atoms with Crippen molar-refractivity contribution >= 4 is 17.2 Å². The molecular weight excluding hydrogens is 336 g/mol. The molecule has 7 nitrogen and oxygen atoms in total. The Balaban J connectivity index is 1.61. The van der Waals surface area contributed by atoms with Crippen LogP contribution in [0.25, 0.3) is 5.57 Å². The fourth-order valence-electron chi connectivity index (χ4n) is 2.63. The number of carbonyl (C=O) groups excluding carboxylic acids is 1. The molecule has 3 rings (SSSR count). The molecule has 0 fully saturated rings. The van der Waals surface area contributed by atoms with Gasteiger partial charge in [0.1, 0.15) is 24.5 Å². The van der Waals surface area contributed by atoms with Crippen molar-refractivity contribution in [3.8, 4) is 0 Å². The van der Waals surface area contributed by atoms with Gasteiger partial charge in [0, 0.05) is 25.2 Å². The van der Waals surface area contributed by atoms with Crippen LogP contribution in [0.15, 0.2) is 60.4 Å². The summed E-state index contributed by atoms with van der Waals surface area (Å²) in [4.78, 5) is 22.4. The van der Waals surface area contributed by atoms with Gasteiger partial charge in [-0.05, 0) is 11.1 Å². The number of rotatable bonds is 8. The van der Waals surface area contributed by atoms with E-state index in [0.717, 1.165) is 6.54 Å². The number of carbonyl (C=O) groups is 1. The van der Waals surface area contributed by atoms with Crippen LogP contribution in [0.5, 0.6) is 0 Å². The van der Waals surface area contributed by atoms with E-state index in [9.17, 15) is 14.9 Å². The second-order valence-electron chi connectivity index (χ2n) is 5.69. The van der Waals surface area contributed by atoms with Crippen molar-refractivity contribution in [1.29, 1.82) is 0 Å². The lowest BCUT2D eigenvalue weighted by atomic mass is 10.1. The monoisotopic (exact) mass is 354 g/mol. The van der Waals surface area contributed by atoms with E-state index in [1.165, 1.54) is 23.8 Å². The molecule has 0 atom stereocenters. The molecule has 1 aliphatic rings. The molecule has 2 aromatic carbocycles. The number of esters is 1. The Kier molecular flexibility index (Phi) is 5.60. The zero-order valence-corrected chi connectivity index (χ0v) is 14.0. The van der Waals surface area contributed by atoms with E-state index < -0.39 is 10.9 Å². The average molecular weight is 354 g/mol. The highest BCUT2D eigenvalue weighted by atomic mass is 16.6. The first-order valence-corrected chi connectivity index (χ1v) is 8.17. The molecule has 26 heavy (non-hydrogen) atoms. The zero-order valence-electron chi connectivity index (χ0n) is 14.0. The third kappa shape index (κ3) is 4.25. The van der Waals surface area contributed by atoms with Gasteiger partial charge in [0.2, 0.25) is 0 Å². The number of nitrogens with zero attached hydrogens (tertiary/aromatic N) is 1. The Morgan fingerprint density at radius 1 is 1.15 bits per heavy atom. The first-order chi connectivity index (χ1) is 12.6. The molecule has 0 aromatic heterocycles. The average Bonchev–Trinajstić information content (AvgIpc) is 3.03. The molecule has 0 aliphatic carbocycles. The standard InChI is InChI=1S/C19H18N2O5/c22-19-18(15-7-4-8-16(11-15)21(23)24)17(13-26-19)25-10-9-20-12-14-5-2-1-3-6-14/h1-8,11,20H,9-10,12-13H2. The number of ether oxygens (including phenoxy) is 2. The molecule has 1 aliphatic heterocycles. The lowest BCUT2D eigenvalue weighted by molar-refractivity contribution is -0.384. The second-order valence-corrected chi connectivity index (χ2v) is 5.69. The number of nitrogens with one attached hydrogen (secondary N) is 1. The van der Waals surface area contributed by atoms with Gasteiger partial charge in [-0.15, -0.1) is 0 Å². The third-order valence-corrected chi connectivity index (χ3v) is 3.89. The number of hydrogen-bond donors (Lipinski definition) is 1. The van der Waals surface area contributed by atoms with Crippen molar-refractivity contribution in [3.05, 3.63) is 81.6 Å². The van der Waals surface area contributed by atoms with Crippen molar-refractivity contribution < 1.29 is 19.2 Å². The number of nitro benzene ring substituents is 1. The molecule has 0 unspecified atom stereocenters. The highest BCUT2D eigenvalue weighted by molar-refractivity contribution is 6.19. The molecule has 7 heteroatoms. The molecule has 0 radical (unpaired) electrons. The molecule has 2 aromatic rings. The van der Waals surface area contributed by atoms with Crippen molar-refractivity contribution in [1.82, 2.24) is 5.32 Å². The largest absolute Gasteiger partial charge is 0.492 e. The molecule has 0 saturated heterocycles. The van der Waals surface area contributed by atoms with Crippen molar-refractivity contribution in [2.24, 2.45) is 0 Å². The lowest BCUT2D eigenvalue weighted by Crippen LogP contribution is -2.19. The molecule has 1 N–H and O–H groups in total. The van der Waals surface area contributed by atoms with Crippen LogP contribution < -0.4 is 5.32 Å². The number of hydrogen-bond acceptors (Lipinski definition) is 6. The maximum Gasteiger partial charge on any atom is 0.342 e. The summed E-state index contributed by atoms with van der Waals surface area (Å²) in [5.41, 5.74) is 1.76. The van der Waals surface area contributed by atoms with Gasteiger partial charge < -0.3 is 14.8 Å². The quantitative estimate of drug-likeness (QED) is 0.339. The summed E-state index contributed by atoms with van der Waals surface area (Å²) in [7, 11) is 0. The zero-order chi connectivity index (χ0) is 18.4. The smallest absolute Gasteiger partial charge is 0.342 e. The summed E-state index contributed by atoms with van der Waals surface area (Å²) in [6.45, 7) is 1.71. The summed E-state index contributed by atoms with van der Waals surface area (Å²) < 4.78 is 10.7. The van der Waals surface area contributed by atoms with Crippen LogP contribution in [0.4, 0.5) is 5.69 Å². The van der Waals surface area contributed by atoms with Crippen molar-refractivity contribution in [2.45, 2.75) is 6.54 Å². The van der Waals surface area contributed by atoms with Crippen LogP contribution in [-0.4, -0.2) is 30.7 Å². The number of cyclic esters (lactones) is 1. The summed E-state index contributed by atoms with van der Waals surface area (Å²) in [5.74, 6) is -0.130. The predicted molar refractivity (Wildman–Crippen MR) is 95.1 cm³/mol. The maximum atomic E-state index is 12.0. The molecule has 1 heterocycles. The van der Waals surface area contributed by atoms with Gasteiger partial charge >= 0.3 is 5.97 Å². The van der Waals surface area contributed by atoms with E-state index in [4.69, 9.17) is 9.47 Å². The summed E-state index contributed by atoms with van der Waals surface area (Å²) in [6.07, 6.45) is 0. The minimum Gasteiger partial charge on any atom is -0.492 e. The van der Waals surface area contributed by atoms with Gasteiger partial charge in [-0.25, -0.2) is 4.79 Å². The third-order valence-electron chi connectivity index (χ3n) is 3.89. The van der Waals surface area contributed by atoms with E-state index in [-0.39, 0.29) is 17.9 Å². The molecule has 0 amide bonds. The predicted octanol–water partition coefficient (Wildman–Crippen LogP) is 2.67. The number of nitro groups is 1. The van der Waals surface area contributed by atoms with E-state index in [0.29, 0.717) is 24.5 Å². The Hall–Kier alpha value is -3.19. The highest BCUT2D eigenvalue weighted by Gasteiger charge is 2.28. The van der Waals surface area contributed by atoms with Crippen LogP contribution >= 0.6 is 0 Å². The summed E-state index contributed by atoms with van der Waals surface area (Å²) >= 11 is 0. The molecule has 0 bridgehead atoms. The molecule has 134 valence electrons. The van der Waals surface area contributed by atoms with Crippen LogP contribution in [0.3, 0.4) is 0 Å². The number of non-ortho nitro benzene ring substituents is 1. The van der Waals surface area contributed by atoms with Gasteiger partial charge in [0.25, 0.3) is 5.69 Å². The van der Waals surface area contributed by atoms with Crippen molar-refractivity contribution in [2.75, 3.05) is 19.8 Å². The van der Waals surface area contributed by atoms with Crippen molar-refractivity contribution in [3.63, 3.8) is 0 Å². The van der Waals surface area contributed by atoms with Crippen LogP contribution in [0.1, 0.15) is 11.1 Å². The Morgan fingerprint density at radius 2 is 1.96 bits per heavy atom. The normalized spacial score (nSPS) is 13.6. The molecule has 0 saturated carbocycles. The summed E-state index contributed by atoms with van der Waals surface area (Å²) in [6, 6.07) is 15.9. The topological polar surface area (TPSA) is 90.7 Å². The van der Waals surface area contributed by atoms with Crippen LogP contribution in [0, 0.1) is 10.1 Å². The first-order valence-electron chi connectivity index (χ1n) is 8.17. The van der Waals surface area contributed by atoms with Gasteiger partial charge in [0.05, 0.1) is 4.92 Å². The van der Waals surface area contributed by atoms with Gasteiger partial charge in [-0.2, -0.15) is 0 Å². The van der Waals surface area contributed by atoms with E-state index in [1.54, 1.807) is 6.07 Å². The molecule has 0 spiro atoms. The Morgan fingerprint density at radius 3 is 2.73 bits per heavy atom. The van der Waals surface area contributed by atoms with E-state index in [1.807, 2.05) is 30.3 Å². The van der Waals surface area contributed by atoms with Gasteiger partial charge in [-0.1, -0.05) is 42.5 Å². The minimum atomic E-state index is -0.530. The van der Waals surface area contributed by atoms with E-state index >= 15 is 0 Å². The fraction of sp³-hybridized carbons (Fsp3) is 0.211. The highest BCUT2D eigenvalue weighted by Crippen LogP contribution is 2.29. The fourth-order valence-corrected chi connectivity index (χ4v) is 2.63. The number of benzene rings is 2. The first kappa shape index (κ1) is 17.6. The second kappa shape index (κ2) is 8.26. The minimum absolute atomic E-state index is 0.0372. The van der Waals surface area contributed by atoms with Gasteiger partial charge in [0.15, 0.2) is 0 Å². The van der Waals surface area contributed by atoms with E-state index in [2.05, 4.69) is 5.32 Å². The molecular formula is C19H18N2O5.